The van der Waals surface area contributed by atoms with Crippen LogP contribution in [0.1, 0.15) is 67.2 Å². The maximum atomic E-state index is 2.47. The second kappa shape index (κ2) is 6.27. The summed E-state index contributed by atoms with van der Waals surface area (Å²) in [7, 11) is 0. The van der Waals surface area contributed by atoms with Gasteiger partial charge in [0, 0.05) is 0 Å². The number of rotatable bonds is 1. The van der Waals surface area contributed by atoms with E-state index in [9.17, 15) is 0 Å². The Bertz CT molecular complexity index is 169. The third kappa shape index (κ3) is 4.30. The minimum Gasteiger partial charge on any atom is -0.0850 e. The molecule has 1 aliphatic rings. The Kier molecular flexibility index (Phi) is 6.15. The van der Waals surface area contributed by atoms with E-state index < -0.39 is 0 Å². The van der Waals surface area contributed by atoms with Crippen LogP contribution in [-0.4, -0.2) is 0 Å². The predicted octanol–water partition coefficient (Wildman–Crippen LogP) is 5.20. The van der Waals surface area contributed by atoms with Crippen molar-refractivity contribution in [1.82, 2.24) is 0 Å². The molecule has 0 heteroatoms. The summed E-state index contributed by atoms with van der Waals surface area (Å²) in [6.07, 6.45) is 7.80. The summed E-state index contributed by atoms with van der Waals surface area (Å²) in [6, 6.07) is 0. The van der Waals surface area contributed by atoms with E-state index in [0.717, 1.165) is 5.92 Å². The average Bonchev–Trinajstić information content (AvgIpc) is 2.20. The molecule has 0 aliphatic heterocycles. The lowest BCUT2D eigenvalue weighted by Gasteiger charge is -2.33. The zero-order chi connectivity index (χ0) is 11.2. The summed E-state index contributed by atoms with van der Waals surface area (Å²) in [6.45, 7) is 13.4. The summed E-state index contributed by atoms with van der Waals surface area (Å²) in [5.74, 6) is 0.910. The highest BCUT2D eigenvalue weighted by Crippen LogP contribution is 2.37. The van der Waals surface area contributed by atoms with Crippen LogP contribution in [0.5, 0.6) is 0 Å². The Hall–Kier alpha value is -0.260. The van der Waals surface area contributed by atoms with Gasteiger partial charge in [-0.2, -0.15) is 0 Å². The molecule has 0 radical (unpaired) electrons. The van der Waals surface area contributed by atoms with Gasteiger partial charge in [-0.1, -0.05) is 53.2 Å². The van der Waals surface area contributed by atoms with Crippen molar-refractivity contribution in [2.75, 3.05) is 0 Å². The highest BCUT2D eigenvalue weighted by molar-refractivity contribution is 5.06. The topological polar surface area (TPSA) is 0 Å². The van der Waals surface area contributed by atoms with Crippen molar-refractivity contribution in [3.63, 3.8) is 0 Å². The van der Waals surface area contributed by atoms with Crippen LogP contribution in [0.25, 0.3) is 0 Å². The first kappa shape index (κ1) is 13.7. The van der Waals surface area contributed by atoms with Gasteiger partial charge in [-0.15, -0.1) is 0 Å². The van der Waals surface area contributed by atoms with Crippen LogP contribution < -0.4 is 0 Å². The SMILES string of the molecule is CC.CCC1=CCC(C(C)(C)C)CC1. The molecule has 0 fully saturated rings. The molecule has 0 bridgehead atoms. The van der Waals surface area contributed by atoms with Gasteiger partial charge in [0.2, 0.25) is 0 Å². The third-order valence-corrected chi connectivity index (χ3v) is 3.18. The first-order chi connectivity index (χ1) is 6.54. The Labute approximate surface area is 90.8 Å². The second-order valence-electron chi connectivity index (χ2n) is 5.05. The number of hydrogen-bond donors (Lipinski definition) is 0. The van der Waals surface area contributed by atoms with Crippen LogP contribution in [0.2, 0.25) is 0 Å². The molecule has 0 heterocycles. The van der Waals surface area contributed by atoms with Gasteiger partial charge in [0.25, 0.3) is 0 Å². The van der Waals surface area contributed by atoms with Crippen LogP contribution in [0.15, 0.2) is 11.6 Å². The molecular formula is C14H28. The Balaban J connectivity index is 0.000000791. The summed E-state index contributed by atoms with van der Waals surface area (Å²) in [5, 5.41) is 0. The number of hydrogen-bond acceptors (Lipinski definition) is 0. The van der Waals surface area contributed by atoms with E-state index in [1.807, 2.05) is 13.8 Å². The Morgan fingerprint density at radius 3 is 2.14 bits per heavy atom. The lowest BCUT2D eigenvalue weighted by atomic mass is 9.73. The first-order valence-electron chi connectivity index (χ1n) is 6.22. The molecule has 0 aromatic heterocycles. The summed E-state index contributed by atoms with van der Waals surface area (Å²) in [4.78, 5) is 0. The predicted molar refractivity (Wildman–Crippen MR) is 66.5 cm³/mol. The fourth-order valence-electron chi connectivity index (χ4n) is 2.00. The van der Waals surface area contributed by atoms with Gasteiger partial charge < -0.3 is 0 Å². The Morgan fingerprint density at radius 1 is 1.29 bits per heavy atom. The van der Waals surface area contributed by atoms with Gasteiger partial charge in [-0.3, -0.25) is 0 Å². The number of allylic oxidation sites excluding steroid dienone is 2. The van der Waals surface area contributed by atoms with E-state index in [1.165, 1.54) is 25.7 Å². The van der Waals surface area contributed by atoms with Gasteiger partial charge in [-0.05, 0) is 37.0 Å². The van der Waals surface area contributed by atoms with Crippen molar-refractivity contribution in [1.29, 1.82) is 0 Å². The molecule has 1 unspecified atom stereocenters. The molecule has 0 saturated carbocycles. The van der Waals surface area contributed by atoms with Gasteiger partial charge >= 0.3 is 0 Å². The van der Waals surface area contributed by atoms with Gasteiger partial charge in [0.05, 0.1) is 0 Å². The van der Waals surface area contributed by atoms with Crippen molar-refractivity contribution < 1.29 is 0 Å². The highest BCUT2D eigenvalue weighted by atomic mass is 14.3. The van der Waals surface area contributed by atoms with Crippen LogP contribution in [0.4, 0.5) is 0 Å². The molecular weight excluding hydrogens is 168 g/mol. The van der Waals surface area contributed by atoms with Crippen LogP contribution in [0, 0.1) is 11.3 Å². The molecule has 0 amide bonds. The molecule has 1 atom stereocenters. The van der Waals surface area contributed by atoms with Crippen LogP contribution in [-0.2, 0) is 0 Å². The quantitative estimate of drug-likeness (QED) is 0.506. The molecule has 1 aliphatic carbocycles. The van der Waals surface area contributed by atoms with E-state index in [2.05, 4.69) is 33.8 Å². The molecule has 0 aromatic carbocycles. The van der Waals surface area contributed by atoms with Crippen molar-refractivity contribution in [2.45, 2.75) is 67.2 Å². The minimum absolute atomic E-state index is 0.510. The average molecular weight is 196 g/mol. The molecule has 0 saturated heterocycles. The summed E-state index contributed by atoms with van der Waals surface area (Å²) in [5.41, 5.74) is 2.19. The fraction of sp³-hybridized carbons (Fsp3) is 0.857. The molecule has 0 aromatic rings. The maximum Gasteiger partial charge on any atom is -0.0314 e. The van der Waals surface area contributed by atoms with Crippen molar-refractivity contribution in [3.8, 4) is 0 Å². The van der Waals surface area contributed by atoms with Crippen molar-refractivity contribution in [2.24, 2.45) is 11.3 Å². The highest BCUT2D eigenvalue weighted by Gasteiger charge is 2.25. The van der Waals surface area contributed by atoms with Crippen molar-refractivity contribution in [3.05, 3.63) is 11.6 Å². The third-order valence-electron chi connectivity index (χ3n) is 3.18. The van der Waals surface area contributed by atoms with Gasteiger partial charge in [0.1, 0.15) is 0 Å². The van der Waals surface area contributed by atoms with E-state index in [-0.39, 0.29) is 0 Å². The zero-order valence-corrected chi connectivity index (χ0v) is 11.0. The largest absolute Gasteiger partial charge is 0.0850 e. The standard InChI is InChI=1S/C12H22.C2H6/c1-5-10-6-8-11(9-7-10)12(2,3)4;1-2/h6,11H,5,7-9H2,1-4H3;1-2H3. The van der Waals surface area contributed by atoms with E-state index in [0.29, 0.717) is 5.41 Å². The van der Waals surface area contributed by atoms with E-state index in [1.54, 1.807) is 5.57 Å². The zero-order valence-electron chi connectivity index (χ0n) is 11.0. The first-order valence-corrected chi connectivity index (χ1v) is 6.22. The molecule has 0 N–H and O–H groups in total. The molecule has 84 valence electrons. The normalized spacial score (nSPS) is 22.1. The lowest BCUT2D eigenvalue weighted by Crippen LogP contribution is -2.22. The summed E-state index contributed by atoms with van der Waals surface area (Å²) >= 11 is 0. The maximum absolute atomic E-state index is 2.47. The summed E-state index contributed by atoms with van der Waals surface area (Å²) < 4.78 is 0. The van der Waals surface area contributed by atoms with Crippen molar-refractivity contribution >= 4 is 0 Å². The van der Waals surface area contributed by atoms with E-state index in [4.69, 9.17) is 0 Å². The smallest absolute Gasteiger partial charge is 0.0314 e. The molecule has 0 nitrogen and oxygen atoms in total. The van der Waals surface area contributed by atoms with Crippen LogP contribution >= 0.6 is 0 Å². The second-order valence-corrected chi connectivity index (χ2v) is 5.05. The van der Waals surface area contributed by atoms with E-state index >= 15 is 0 Å². The lowest BCUT2D eigenvalue weighted by molar-refractivity contribution is 0.220. The molecule has 1 rings (SSSR count). The molecule has 0 spiro atoms. The van der Waals surface area contributed by atoms with Gasteiger partial charge in [0.15, 0.2) is 0 Å². The fourth-order valence-corrected chi connectivity index (χ4v) is 2.00. The minimum atomic E-state index is 0.510. The Morgan fingerprint density at radius 2 is 1.86 bits per heavy atom. The monoisotopic (exact) mass is 196 g/mol. The van der Waals surface area contributed by atoms with Gasteiger partial charge in [-0.25, -0.2) is 0 Å². The van der Waals surface area contributed by atoms with Crippen LogP contribution in [0.3, 0.4) is 0 Å². The molecule has 14 heavy (non-hydrogen) atoms.